The van der Waals surface area contributed by atoms with Crippen LogP contribution in [0.1, 0.15) is 5.56 Å². The van der Waals surface area contributed by atoms with E-state index in [2.05, 4.69) is 5.92 Å². The number of amides is 1. The van der Waals surface area contributed by atoms with Crippen molar-refractivity contribution in [2.45, 2.75) is 6.42 Å². The molecule has 0 aromatic heterocycles. The van der Waals surface area contributed by atoms with Gasteiger partial charge in [-0.05, 0) is 5.56 Å². The monoisotopic (exact) mass is 231 g/mol. The number of nitrogens with zero attached hydrogens (tertiary/aromatic N) is 1. The number of benzene rings is 1. The van der Waals surface area contributed by atoms with Gasteiger partial charge in [-0.25, -0.2) is 0 Å². The number of rotatable bonds is 5. The van der Waals surface area contributed by atoms with E-state index in [4.69, 9.17) is 11.5 Å². The van der Waals surface area contributed by atoms with Crippen molar-refractivity contribution in [1.82, 2.24) is 4.90 Å². The lowest BCUT2D eigenvalue weighted by atomic mass is 10.1. The Labute approximate surface area is 99.9 Å². The molecule has 88 valence electrons. The van der Waals surface area contributed by atoms with Crippen molar-refractivity contribution in [3.63, 3.8) is 0 Å². The summed E-state index contributed by atoms with van der Waals surface area (Å²) >= 11 is 0. The van der Waals surface area contributed by atoms with Crippen molar-refractivity contribution in [3.05, 3.63) is 35.9 Å². The predicted molar refractivity (Wildman–Crippen MR) is 63.2 cm³/mol. The Morgan fingerprint density at radius 3 is 2.47 bits per heavy atom. The fourth-order valence-electron chi connectivity index (χ4n) is 1.39. The predicted octanol–water partition coefficient (Wildman–Crippen LogP) is 0.775. The molecule has 0 radical (unpaired) electrons. The Kier molecular flexibility index (Phi) is 4.77. The van der Waals surface area contributed by atoms with Crippen molar-refractivity contribution in [1.29, 1.82) is 0 Å². The first-order valence-corrected chi connectivity index (χ1v) is 5.10. The van der Waals surface area contributed by atoms with E-state index in [1.165, 1.54) is 0 Å². The van der Waals surface area contributed by atoms with Crippen LogP contribution in [-0.4, -0.2) is 35.0 Å². The van der Waals surface area contributed by atoms with Crippen molar-refractivity contribution in [3.8, 4) is 12.3 Å². The smallest absolute Gasteiger partial charge is 0.323 e. The number of hydrogen-bond donors (Lipinski definition) is 1. The second-order valence-electron chi connectivity index (χ2n) is 3.51. The Hall–Kier alpha value is -2.28. The molecule has 4 nitrogen and oxygen atoms in total. The summed E-state index contributed by atoms with van der Waals surface area (Å²) < 4.78 is 0. The average molecular weight is 231 g/mol. The Morgan fingerprint density at radius 2 is 1.94 bits per heavy atom. The van der Waals surface area contributed by atoms with Crippen LogP contribution in [0.25, 0.3) is 0 Å². The van der Waals surface area contributed by atoms with E-state index in [9.17, 15) is 9.59 Å². The molecule has 0 atom stereocenters. The second-order valence-corrected chi connectivity index (χ2v) is 3.51. The van der Waals surface area contributed by atoms with Gasteiger partial charge in [0.25, 0.3) is 0 Å². The van der Waals surface area contributed by atoms with Crippen molar-refractivity contribution >= 4 is 11.9 Å². The van der Waals surface area contributed by atoms with Crippen LogP contribution >= 0.6 is 0 Å². The number of aliphatic carboxylic acids is 1. The van der Waals surface area contributed by atoms with Gasteiger partial charge < -0.3 is 10.0 Å². The van der Waals surface area contributed by atoms with Crippen LogP contribution in [0.3, 0.4) is 0 Å². The lowest BCUT2D eigenvalue weighted by molar-refractivity contribution is -0.143. The van der Waals surface area contributed by atoms with E-state index >= 15 is 0 Å². The van der Waals surface area contributed by atoms with Crippen LogP contribution in [0, 0.1) is 12.3 Å². The van der Waals surface area contributed by atoms with Gasteiger partial charge in [-0.15, -0.1) is 6.42 Å². The maximum Gasteiger partial charge on any atom is 0.323 e. The number of hydrogen-bond acceptors (Lipinski definition) is 2. The minimum atomic E-state index is -1.07. The summed E-state index contributed by atoms with van der Waals surface area (Å²) in [7, 11) is 0. The zero-order chi connectivity index (χ0) is 12.7. The molecule has 4 heteroatoms. The van der Waals surface area contributed by atoms with Gasteiger partial charge in [0.15, 0.2) is 0 Å². The number of carbonyl (C=O) groups excluding carboxylic acids is 1. The third-order valence-electron chi connectivity index (χ3n) is 2.16. The van der Waals surface area contributed by atoms with E-state index in [1.54, 1.807) is 0 Å². The summed E-state index contributed by atoms with van der Waals surface area (Å²) in [4.78, 5) is 23.5. The molecule has 0 unspecified atom stereocenters. The summed E-state index contributed by atoms with van der Waals surface area (Å²) in [6.07, 6.45) is 5.26. The van der Waals surface area contributed by atoms with Gasteiger partial charge in [0.2, 0.25) is 5.91 Å². The SMILES string of the molecule is C#CCN(CC(=O)O)C(=O)Cc1ccccc1. The molecule has 0 aliphatic rings. The van der Waals surface area contributed by atoms with E-state index in [1.807, 2.05) is 30.3 Å². The van der Waals surface area contributed by atoms with Crippen LogP contribution in [0.15, 0.2) is 30.3 Å². The van der Waals surface area contributed by atoms with Gasteiger partial charge in [0, 0.05) is 0 Å². The molecule has 0 fully saturated rings. The van der Waals surface area contributed by atoms with Gasteiger partial charge in [0.05, 0.1) is 13.0 Å². The molecule has 17 heavy (non-hydrogen) atoms. The highest BCUT2D eigenvalue weighted by Crippen LogP contribution is 2.02. The molecule has 1 rings (SSSR count). The first-order valence-electron chi connectivity index (χ1n) is 5.10. The molecule has 0 spiro atoms. The van der Waals surface area contributed by atoms with Crippen LogP contribution in [-0.2, 0) is 16.0 Å². The molecule has 1 amide bonds. The quantitative estimate of drug-likeness (QED) is 0.762. The van der Waals surface area contributed by atoms with E-state index < -0.39 is 5.97 Å². The largest absolute Gasteiger partial charge is 0.480 e. The standard InChI is InChI=1S/C13H13NO3/c1-2-8-14(10-13(16)17)12(15)9-11-6-4-3-5-7-11/h1,3-7H,8-10H2,(H,16,17). The number of carbonyl (C=O) groups is 2. The summed E-state index contributed by atoms with van der Waals surface area (Å²) in [5.41, 5.74) is 0.838. The van der Waals surface area contributed by atoms with Gasteiger partial charge in [0.1, 0.15) is 6.54 Å². The minimum absolute atomic E-state index is 0.0119. The molecule has 0 saturated carbocycles. The molecule has 0 heterocycles. The topological polar surface area (TPSA) is 57.6 Å². The van der Waals surface area contributed by atoms with Gasteiger partial charge in [-0.2, -0.15) is 0 Å². The highest BCUT2D eigenvalue weighted by molar-refractivity contribution is 5.83. The lowest BCUT2D eigenvalue weighted by Gasteiger charge is -2.17. The Morgan fingerprint density at radius 1 is 1.29 bits per heavy atom. The van der Waals surface area contributed by atoms with E-state index in [0.29, 0.717) is 0 Å². The van der Waals surface area contributed by atoms with Crippen molar-refractivity contribution in [2.75, 3.05) is 13.1 Å². The maximum absolute atomic E-state index is 11.8. The Balaban J connectivity index is 2.66. The molecule has 0 saturated heterocycles. The summed E-state index contributed by atoms with van der Waals surface area (Å²) in [6.45, 7) is -0.353. The summed E-state index contributed by atoms with van der Waals surface area (Å²) in [5, 5.41) is 8.66. The van der Waals surface area contributed by atoms with Crippen LogP contribution in [0.2, 0.25) is 0 Å². The lowest BCUT2D eigenvalue weighted by Crippen LogP contribution is -2.36. The van der Waals surface area contributed by atoms with Crippen LogP contribution < -0.4 is 0 Å². The van der Waals surface area contributed by atoms with Crippen LogP contribution in [0.5, 0.6) is 0 Å². The fourth-order valence-corrected chi connectivity index (χ4v) is 1.39. The summed E-state index contributed by atoms with van der Waals surface area (Å²) in [5.74, 6) is 0.933. The number of carboxylic acids is 1. The first kappa shape index (κ1) is 12.8. The molecular formula is C13H13NO3. The first-order chi connectivity index (χ1) is 8.13. The number of carboxylic acid groups (broad SMARTS) is 1. The molecular weight excluding hydrogens is 218 g/mol. The van der Waals surface area contributed by atoms with E-state index in [-0.39, 0.29) is 25.4 Å². The normalized spacial score (nSPS) is 9.35. The highest BCUT2D eigenvalue weighted by Gasteiger charge is 2.15. The number of terminal acetylenes is 1. The van der Waals surface area contributed by atoms with Crippen LogP contribution in [0.4, 0.5) is 0 Å². The van der Waals surface area contributed by atoms with Gasteiger partial charge in [-0.3, -0.25) is 9.59 Å². The van der Waals surface area contributed by atoms with Crippen molar-refractivity contribution in [2.24, 2.45) is 0 Å². The molecule has 1 aromatic carbocycles. The van der Waals surface area contributed by atoms with Gasteiger partial charge in [-0.1, -0.05) is 36.3 Å². The molecule has 0 aliphatic heterocycles. The molecule has 1 aromatic rings. The average Bonchev–Trinajstić information content (AvgIpc) is 2.29. The Bertz CT molecular complexity index is 434. The molecule has 0 aliphatic carbocycles. The molecule has 1 N–H and O–H groups in total. The third-order valence-corrected chi connectivity index (χ3v) is 2.16. The minimum Gasteiger partial charge on any atom is -0.480 e. The molecule has 0 bridgehead atoms. The maximum atomic E-state index is 11.8. The summed E-state index contributed by atoms with van der Waals surface area (Å²) in [6, 6.07) is 9.13. The fraction of sp³-hybridized carbons (Fsp3) is 0.231. The highest BCUT2D eigenvalue weighted by atomic mass is 16.4. The zero-order valence-electron chi connectivity index (χ0n) is 9.30. The van der Waals surface area contributed by atoms with Crippen molar-refractivity contribution < 1.29 is 14.7 Å². The zero-order valence-corrected chi connectivity index (χ0v) is 9.30. The second kappa shape index (κ2) is 6.33. The van der Waals surface area contributed by atoms with E-state index in [0.717, 1.165) is 10.5 Å². The third kappa shape index (κ3) is 4.39. The van der Waals surface area contributed by atoms with Gasteiger partial charge >= 0.3 is 5.97 Å².